The second-order valence-corrected chi connectivity index (χ2v) is 11.1. The normalized spacial score (nSPS) is 15.5. The van der Waals surface area contributed by atoms with Crippen LogP contribution in [-0.4, -0.2) is 31.7 Å². The summed E-state index contributed by atoms with van der Waals surface area (Å²) in [6.45, 7) is 7.12. The predicted octanol–water partition coefficient (Wildman–Crippen LogP) is 5.32. The first-order chi connectivity index (χ1) is 14.2. The van der Waals surface area contributed by atoms with Gasteiger partial charge in [-0.1, -0.05) is 23.3 Å². The molecule has 158 valence electrons. The fourth-order valence-corrected chi connectivity index (χ4v) is 6.95. The smallest absolute Gasteiger partial charge is 0.185 e. The van der Waals surface area contributed by atoms with E-state index in [1.54, 1.807) is 18.3 Å². The zero-order chi connectivity index (χ0) is 21.5. The molecule has 3 aromatic rings. The van der Waals surface area contributed by atoms with Gasteiger partial charge in [-0.2, -0.15) is 0 Å². The fourth-order valence-electron chi connectivity index (χ4n) is 4.08. The van der Waals surface area contributed by atoms with E-state index in [0.29, 0.717) is 31.5 Å². The molecule has 1 fully saturated rings. The van der Waals surface area contributed by atoms with Gasteiger partial charge >= 0.3 is 0 Å². The molecule has 0 amide bonds. The SMILES string of the molecule is Cc1cc(C)cc(-c2csc(N3CCC(S(=O)(=O)c4cc(F)ccc4C)CC3)n2)c1. The van der Waals surface area contributed by atoms with E-state index < -0.39 is 20.9 Å². The highest BCUT2D eigenvalue weighted by atomic mass is 32.2. The number of rotatable bonds is 4. The second kappa shape index (κ2) is 8.12. The van der Waals surface area contributed by atoms with Crippen LogP contribution in [0.1, 0.15) is 29.5 Å². The summed E-state index contributed by atoms with van der Waals surface area (Å²) < 4.78 is 39.8. The molecule has 0 aliphatic carbocycles. The molecule has 1 saturated heterocycles. The molecule has 0 N–H and O–H groups in total. The summed E-state index contributed by atoms with van der Waals surface area (Å²) in [5, 5.41) is 2.48. The number of halogens is 1. The van der Waals surface area contributed by atoms with E-state index in [-0.39, 0.29) is 4.90 Å². The summed E-state index contributed by atoms with van der Waals surface area (Å²) in [7, 11) is -3.55. The number of aryl methyl sites for hydroxylation is 3. The second-order valence-electron chi connectivity index (χ2n) is 8.03. The number of benzene rings is 2. The molecular weight excluding hydrogens is 419 g/mol. The summed E-state index contributed by atoms with van der Waals surface area (Å²) in [6, 6.07) is 10.4. The Kier molecular flexibility index (Phi) is 5.68. The van der Waals surface area contributed by atoms with E-state index in [2.05, 4.69) is 42.3 Å². The van der Waals surface area contributed by atoms with Crippen molar-refractivity contribution in [2.75, 3.05) is 18.0 Å². The molecule has 30 heavy (non-hydrogen) atoms. The highest BCUT2D eigenvalue weighted by Gasteiger charge is 2.33. The molecular formula is C23H25FN2O2S2. The van der Waals surface area contributed by atoms with Crippen molar-refractivity contribution in [1.29, 1.82) is 0 Å². The molecule has 0 spiro atoms. The van der Waals surface area contributed by atoms with Crippen molar-refractivity contribution in [2.45, 2.75) is 43.8 Å². The summed E-state index contributed by atoms with van der Waals surface area (Å²) in [6.07, 6.45) is 1.02. The van der Waals surface area contributed by atoms with E-state index in [4.69, 9.17) is 4.98 Å². The molecule has 1 aliphatic rings. The van der Waals surface area contributed by atoms with Crippen molar-refractivity contribution in [3.05, 3.63) is 64.3 Å². The standard InChI is InChI=1S/C23H25FN2O2S2/c1-15-10-16(2)12-18(11-15)21-14-29-23(25-21)26-8-6-20(7-9-26)30(27,28)22-13-19(24)5-4-17(22)3/h4-5,10-14,20H,6-9H2,1-3H3. The summed E-state index contributed by atoms with van der Waals surface area (Å²) >= 11 is 1.59. The zero-order valence-corrected chi connectivity index (χ0v) is 19.0. The van der Waals surface area contributed by atoms with Crippen LogP contribution in [0.5, 0.6) is 0 Å². The Balaban J connectivity index is 1.49. The lowest BCUT2D eigenvalue weighted by atomic mass is 10.1. The first-order valence-corrected chi connectivity index (χ1v) is 12.5. The minimum Gasteiger partial charge on any atom is -0.348 e. The molecule has 2 heterocycles. The van der Waals surface area contributed by atoms with Crippen LogP contribution in [0.2, 0.25) is 0 Å². The van der Waals surface area contributed by atoms with Gasteiger partial charge in [-0.25, -0.2) is 17.8 Å². The first kappa shape index (κ1) is 21.0. The minimum atomic E-state index is -3.55. The molecule has 1 aromatic heterocycles. The van der Waals surface area contributed by atoms with Crippen LogP contribution in [0.4, 0.5) is 9.52 Å². The van der Waals surface area contributed by atoms with Gasteiger partial charge in [-0.3, -0.25) is 0 Å². The summed E-state index contributed by atoms with van der Waals surface area (Å²) in [5.74, 6) is -0.515. The Morgan fingerprint density at radius 1 is 1.03 bits per heavy atom. The molecule has 0 saturated carbocycles. The van der Waals surface area contributed by atoms with Crippen molar-refractivity contribution in [3.63, 3.8) is 0 Å². The van der Waals surface area contributed by atoms with Crippen molar-refractivity contribution in [1.82, 2.24) is 4.98 Å². The lowest BCUT2D eigenvalue weighted by Crippen LogP contribution is -2.39. The van der Waals surface area contributed by atoms with Gasteiger partial charge in [0, 0.05) is 24.0 Å². The Hall–Kier alpha value is -2.25. The topological polar surface area (TPSA) is 50.3 Å². The van der Waals surface area contributed by atoms with Crippen molar-refractivity contribution in [3.8, 4) is 11.3 Å². The minimum absolute atomic E-state index is 0.118. The summed E-state index contributed by atoms with van der Waals surface area (Å²) in [5.41, 5.74) is 5.06. The number of thiazole rings is 1. The Morgan fingerprint density at radius 3 is 2.37 bits per heavy atom. The quantitative estimate of drug-likeness (QED) is 0.547. The van der Waals surface area contributed by atoms with Crippen LogP contribution >= 0.6 is 11.3 Å². The number of piperidine rings is 1. The first-order valence-electron chi connectivity index (χ1n) is 10.0. The lowest BCUT2D eigenvalue weighted by molar-refractivity contribution is 0.528. The Bertz CT molecular complexity index is 1160. The van der Waals surface area contributed by atoms with Gasteiger partial charge in [0.15, 0.2) is 15.0 Å². The lowest BCUT2D eigenvalue weighted by Gasteiger charge is -2.31. The number of aromatic nitrogens is 1. The fraction of sp³-hybridized carbons (Fsp3) is 0.348. The average Bonchev–Trinajstić information content (AvgIpc) is 3.19. The van der Waals surface area contributed by atoms with Gasteiger partial charge in [0.1, 0.15) is 5.82 Å². The third-order valence-electron chi connectivity index (χ3n) is 5.62. The van der Waals surface area contributed by atoms with Crippen LogP contribution in [-0.2, 0) is 9.84 Å². The monoisotopic (exact) mass is 444 g/mol. The van der Waals surface area contributed by atoms with Crippen LogP contribution in [0.3, 0.4) is 0 Å². The molecule has 7 heteroatoms. The van der Waals surface area contributed by atoms with Gasteiger partial charge in [0.25, 0.3) is 0 Å². The third kappa shape index (κ3) is 4.14. The molecule has 2 aromatic carbocycles. The van der Waals surface area contributed by atoms with Gasteiger partial charge < -0.3 is 4.90 Å². The van der Waals surface area contributed by atoms with Crippen LogP contribution in [0.25, 0.3) is 11.3 Å². The third-order valence-corrected chi connectivity index (χ3v) is 8.92. The predicted molar refractivity (Wildman–Crippen MR) is 121 cm³/mol. The molecule has 0 atom stereocenters. The molecule has 4 nitrogen and oxygen atoms in total. The summed E-state index contributed by atoms with van der Waals surface area (Å²) in [4.78, 5) is 7.07. The van der Waals surface area contributed by atoms with Gasteiger partial charge in [-0.05, 0) is 63.4 Å². The largest absolute Gasteiger partial charge is 0.348 e. The molecule has 1 aliphatic heterocycles. The maximum Gasteiger partial charge on any atom is 0.185 e. The Morgan fingerprint density at radius 2 is 1.70 bits per heavy atom. The van der Waals surface area contributed by atoms with E-state index in [1.807, 2.05) is 0 Å². The maximum absolute atomic E-state index is 13.6. The van der Waals surface area contributed by atoms with Crippen molar-refractivity contribution >= 4 is 26.3 Å². The molecule has 4 rings (SSSR count). The van der Waals surface area contributed by atoms with Crippen LogP contribution < -0.4 is 4.90 Å². The number of nitrogens with zero attached hydrogens (tertiary/aromatic N) is 2. The van der Waals surface area contributed by atoms with E-state index in [9.17, 15) is 12.8 Å². The number of hydrogen-bond acceptors (Lipinski definition) is 5. The Labute approximate surface area is 181 Å². The van der Waals surface area contributed by atoms with Gasteiger partial charge in [-0.15, -0.1) is 11.3 Å². The number of sulfone groups is 1. The van der Waals surface area contributed by atoms with E-state index in [1.165, 1.54) is 23.3 Å². The molecule has 0 unspecified atom stereocenters. The van der Waals surface area contributed by atoms with Crippen molar-refractivity contribution < 1.29 is 12.8 Å². The maximum atomic E-state index is 13.6. The number of anilines is 1. The van der Waals surface area contributed by atoms with Crippen molar-refractivity contribution in [2.24, 2.45) is 0 Å². The van der Waals surface area contributed by atoms with Crippen LogP contribution in [0, 0.1) is 26.6 Å². The van der Waals surface area contributed by atoms with E-state index >= 15 is 0 Å². The molecule has 0 radical (unpaired) electrons. The van der Waals surface area contributed by atoms with E-state index in [0.717, 1.165) is 22.5 Å². The number of hydrogen-bond donors (Lipinski definition) is 0. The zero-order valence-electron chi connectivity index (χ0n) is 17.4. The average molecular weight is 445 g/mol. The highest BCUT2D eigenvalue weighted by molar-refractivity contribution is 7.92. The van der Waals surface area contributed by atoms with Crippen LogP contribution in [0.15, 0.2) is 46.7 Å². The van der Waals surface area contributed by atoms with Gasteiger partial charge in [0.2, 0.25) is 0 Å². The van der Waals surface area contributed by atoms with Gasteiger partial charge in [0.05, 0.1) is 15.8 Å². The highest BCUT2D eigenvalue weighted by Crippen LogP contribution is 2.33. The molecule has 0 bridgehead atoms.